The third-order valence-corrected chi connectivity index (χ3v) is 4.05. The highest BCUT2D eigenvalue weighted by atomic mass is 16.7. The number of hydrogen-bond donors (Lipinski definition) is 0. The fourth-order valence-electron chi connectivity index (χ4n) is 2.67. The summed E-state index contributed by atoms with van der Waals surface area (Å²) < 4.78 is 11.3. The van der Waals surface area contributed by atoms with Crippen LogP contribution in [0.25, 0.3) is 0 Å². The summed E-state index contributed by atoms with van der Waals surface area (Å²) in [5.74, 6) is 11.9. The highest BCUT2D eigenvalue weighted by molar-refractivity contribution is 5.25. The van der Waals surface area contributed by atoms with Crippen LogP contribution < -0.4 is 0 Å². The molecule has 1 rings (SSSR count). The second kappa shape index (κ2) is 15.9. The fraction of sp³-hybridized carbons (Fsp3) is 0.810. The largest absolute Gasteiger partial charge is 0.353 e. The zero-order valence-electron chi connectivity index (χ0n) is 15.0. The van der Waals surface area contributed by atoms with Gasteiger partial charge in [-0.2, -0.15) is 0 Å². The summed E-state index contributed by atoms with van der Waals surface area (Å²) in [6.07, 6.45) is 15.9. The van der Waals surface area contributed by atoms with E-state index < -0.39 is 0 Å². The topological polar surface area (TPSA) is 18.5 Å². The molecule has 1 fully saturated rings. The number of ether oxygens (including phenoxy) is 2. The molecular formula is C21H34O2. The molecule has 0 N–H and O–H groups in total. The summed E-state index contributed by atoms with van der Waals surface area (Å²) in [6, 6.07) is 0. The van der Waals surface area contributed by atoms with E-state index in [2.05, 4.69) is 23.7 Å². The summed E-state index contributed by atoms with van der Waals surface area (Å²) >= 11 is 0. The predicted octanol–water partition coefficient (Wildman–Crippen LogP) is 5.46. The lowest BCUT2D eigenvalue weighted by Gasteiger charge is -2.22. The Kier molecular flexibility index (Phi) is 13.9. The van der Waals surface area contributed by atoms with Gasteiger partial charge in [0.1, 0.15) is 0 Å². The number of unbranched alkanes of at least 4 members (excludes halogenated alkanes) is 8. The highest BCUT2D eigenvalue weighted by Gasteiger charge is 2.13. The molecule has 0 aromatic carbocycles. The molecule has 0 bridgehead atoms. The minimum absolute atomic E-state index is 0.0832. The van der Waals surface area contributed by atoms with Crippen LogP contribution in [0.1, 0.15) is 90.4 Å². The van der Waals surface area contributed by atoms with Crippen LogP contribution in [0.2, 0.25) is 0 Å². The van der Waals surface area contributed by atoms with E-state index in [9.17, 15) is 0 Å². The molecule has 1 unspecified atom stereocenters. The lowest BCUT2D eigenvalue weighted by atomic mass is 10.1. The zero-order valence-corrected chi connectivity index (χ0v) is 15.0. The molecule has 0 aliphatic carbocycles. The van der Waals surface area contributed by atoms with Gasteiger partial charge in [-0.15, -0.1) is 0 Å². The van der Waals surface area contributed by atoms with E-state index in [1.807, 2.05) is 6.92 Å². The first-order valence-corrected chi connectivity index (χ1v) is 9.62. The summed E-state index contributed by atoms with van der Waals surface area (Å²) in [4.78, 5) is 0. The quantitative estimate of drug-likeness (QED) is 0.372. The molecule has 0 aromatic rings. The maximum Gasteiger partial charge on any atom is 0.157 e. The Morgan fingerprint density at radius 3 is 2.26 bits per heavy atom. The summed E-state index contributed by atoms with van der Waals surface area (Å²) in [6.45, 7) is 3.79. The standard InChI is InChI=1S/C21H34O2/c1-2-3-4-5-6-7-8-9-10-11-12-13-14-16-19-22-21-18-15-17-20-23-21/h21H,2,7-20H2,1H3. The van der Waals surface area contributed by atoms with Gasteiger partial charge in [0.2, 0.25) is 0 Å². The van der Waals surface area contributed by atoms with Crippen molar-refractivity contribution in [1.82, 2.24) is 0 Å². The smallest absolute Gasteiger partial charge is 0.157 e. The van der Waals surface area contributed by atoms with Gasteiger partial charge in [-0.1, -0.05) is 57.3 Å². The molecule has 0 spiro atoms. The van der Waals surface area contributed by atoms with Crippen molar-refractivity contribution in [3.8, 4) is 23.7 Å². The summed E-state index contributed by atoms with van der Waals surface area (Å²) in [5, 5.41) is 0. The Bertz CT molecular complexity index is 374. The Morgan fingerprint density at radius 2 is 1.57 bits per heavy atom. The highest BCUT2D eigenvalue weighted by Crippen LogP contribution is 2.14. The van der Waals surface area contributed by atoms with Gasteiger partial charge >= 0.3 is 0 Å². The van der Waals surface area contributed by atoms with E-state index in [0.29, 0.717) is 0 Å². The van der Waals surface area contributed by atoms with Gasteiger partial charge in [-0.3, -0.25) is 0 Å². The first-order chi connectivity index (χ1) is 11.4. The second-order valence-corrected chi connectivity index (χ2v) is 6.20. The van der Waals surface area contributed by atoms with Crippen LogP contribution in [-0.4, -0.2) is 19.5 Å². The van der Waals surface area contributed by atoms with Crippen molar-refractivity contribution in [3.05, 3.63) is 0 Å². The first kappa shape index (κ1) is 20.1. The van der Waals surface area contributed by atoms with Gasteiger partial charge in [-0.05, 0) is 43.9 Å². The molecule has 1 atom stereocenters. The van der Waals surface area contributed by atoms with E-state index in [1.54, 1.807) is 0 Å². The predicted molar refractivity (Wildman–Crippen MR) is 96.9 cm³/mol. The lowest BCUT2D eigenvalue weighted by molar-refractivity contribution is -0.162. The zero-order chi connectivity index (χ0) is 16.4. The van der Waals surface area contributed by atoms with Crippen molar-refractivity contribution in [2.75, 3.05) is 13.2 Å². The minimum Gasteiger partial charge on any atom is -0.353 e. The van der Waals surface area contributed by atoms with E-state index in [-0.39, 0.29) is 6.29 Å². The Balaban J connectivity index is 1.75. The molecule has 23 heavy (non-hydrogen) atoms. The average Bonchev–Trinajstić information content (AvgIpc) is 2.59. The Morgan fingerprint density at radius 1 is 0.870 bits per heavy atom. The van der Waals surface area contributed by atoms with Crippen LogP contribution >= 0.6 is 0 Å². The van der Waals surface area contributed by atoms with Crippen LogP contribution in [-0.2, 0) is 9.47 Å². The Labute approximate surface area is 143 Å². The van der Waals surface area contributed by atoms with Crippen molar-refractivity contribution in [3.63, 3.8) is 0 Å². The summed E-state index contributed by atoms with van der Waals surface area (Å²) in [7, 11) is 0. The van der Waals surface area contributed by atoms with Crippen LogP contribution in [0.5, 0.6) is 0 Å². The van der Waals surface area contributed by atoms with E-state index in [4.69, 9.17) is 9.47 Å². The molecule has 1 aliphatic rings. The van der Waals surface area contributed by atoms with Crippen LogP contribution in [0.4, 0.5) is 0 Å². The van der Waals surface area contributed by atoms with Crippen molar-refractivity contribution in [1.29, 1.82) is 0 Å². The van der Waals surface area contributed by atoms with E-state index in [0.717, 1.165) is 32.5 Å². The van der Waals surface area contributed by atoms with Gasteiger partial charge in [-0.25, -0.2) is 0 Å². The lowest BCUT2D eigenvalue weighted by Crippen LogP contribution is -2.22. The number of rotatable bonds is 11. The first-order valence-electron chi connectivity index (χ1n) is 9.62. The van der Waals surface area contributed by atoms with Crippen LogP contribution in [0.15, 0.2) is 0 Å². The molecule has 0 radical (unpaired) electrons. The normalized spacial score (nSPS) is 17.0. The fourth-order valence-corrected chi connectivity index (χ4v) is 2.67. The van der Waals surface area contributed by atoms with Gasteiger partial charge in [0.15, 0.2) is 6.29 Å². The maximum absolute atomic E-state index is 5.75. The SMILES string of the molecule is CCC#CC#CCCCCCCCCCCOC1CCCCO1. The number of hydrogen-bond acceptors (Lipinski definition) is 2. The van der Waals surface area contributed by atoms with Crippen molar-refractivity contribution >= 4 is 0 Å². The monoisotopic (exact) mass is 318 g/mol. The molecule has 0 amide bonds. The maximum atomic E-state index is 5.75. The molecule has 2 heteroatoms. The van der Waals surface area contributed by atoms with Crippen molar-refractivity contribution in [2.24, 2.45) is 0 Å². The van der Waals surface area contributed by atoms with E-state index in [1.165, 1.54) is 64.2 Å². The van der Waals surface area contributed by atoms with Crippen LogP contribution in [0, 0.1) is 23.7 Å². The van der Waals surface area contributed by atoms with Gasteiger partial charge in [0, 0.05) is 26.1 Å². The molecule has 0 saturated carbocycles. The van der Waals surface area contributed by atoms with Crippen molar-refractivity contribution in [2.45, 2.75) is 96.7 Å². The third-order valence-electron chi connectivity index (χ3n) is 4.05. The van der Waals surface area contributed by atoms with Crippen LogP contribution in [0.3, 0.4) is 0 Å². The third kappa shape index (κ3) is 13.2. The molecule has 1 saturated heterocycles. The molecule has 2 nitrogen and oxygen atoms in total. The summed E-state index contributed by atoms with van der Waals surface area (Å²) in [5.41, 5.74) is 0. The molecule has 1 aliphatic heterocycles. The minimum atomic E-state index is 0.0832. The molecule has 1 heterocycles. The van der Waals surface area contributed by atoms with Gasteiger partial charge in [0.25, 0.3) is 0 Å². The van der Waals surface area contributed by atoms with E-state index >= 15 is 0 Å². The van der Waals surface area contributed by atoms with Gasteiger partial charge < -0.3 is 9.47 Å². The van der Waals surface area contributed by atoms with Gasteiger partial charge in [0.05, 0.1) is 0 Å². The second-order valence-electron chi connectivity index (χ2n) is 6.20. The molecule has 130 valence electrons. The Hall–Kier alpha value is -0.960. The molecular weight excluding hydrogens is 284 g/mol. The van der Waals surface area contributed by atoms with Crippen molar-refractivity contribution < 1.29 is 9.47 Å². The average molecular weight is 319 g/mol. The molecule has 0 aromatic heterocycles.